The molecule has 1 N–H and O–H groups in total. The van der Waals surface area contributed by atoms with Gasteiger partial charge in [0.15, 0.2) is 6.10 Å². The van der Waals surface area contributed by atoms with E-state index < -0.39 is 6.10 Å². The normalized spacial score (nSPS) is 15.6. The molecule has 5 heteroatoms. The van der Waals surface area contributed by atoms with Crippen molar-refractivity contribution in [1.82, 2.24) is 0 Å². The predicted octanol–water partition coefficient (Wildman–Crippen LogP) is 4.65. The van der Waals surface area contributed by atoms with E-state index in [1.54, 1.807) is 36.1 Å². The molecule has 0 radical (unpaired) electrons. The number of hydrogen-bond acceptors (Lipinski definition) is 3. The van der Waals surface area contributed by atoms with E-state index in [1.165, 1.54) is 6.08 Å². The van der Waals surface area contributed by atoms with Crippen LogP contribution in [0.25, 0.3) is 6.08 Å². The first-order chi connectivity index (χ1) is 14.6. The second kappa shape index (κ2) is 8.66. The fourth-order valence-electron chi connectivity index (χ4n) is 3.33. The fourth-order valence-corrected chi connectivity index (χ4v) is 3.33. The molecule has 1 atom stereocenters. The Morgan fingerprint density at radius 3 is 2.47 bits per heavy atom. The summed E-state index contributed by atoms with van der Waals surface area (Å²) in [6.07, 6.45) is 2.68. The van der Waals surface area contributed by atoms with Crippen LogP contribution < -0.4 is 15.0 Å². The summed E-state index contributed by atoms with van der Waals surface area (Å²) in [6, 6.07) is 24.7. The number of nitrogens with one attached hydrogen (secondary N) is 1. The predicted molar refractivity (Wildman–Crippen MR) is 118 cm³/mol. The minimum Gasteiger partial charge on any atom is -0.479 e. The number of fused-ring (bicyclic) bond motifs is 1. The molecule has 5 nitrogen and oxygen atoms in total. The van der Waals surface area contributed by atoms with Gasteiger partial charge in [-0.05, 0) is 42.3 Å². The van der Waals surface area contributed by atoms with Crippen LogP contribution in [0.15, 0.2) is 84.9 Å². The highest BCUT2D eigenvalue weighted by Gasteiger charge is 2.31. The molecule has 0 saturated heterocycles. The lowest BCUT2D eigenvalue weighted by molar-refractivity contribution is -0.125. The van der Waals surface area contributed by atoms with Crippen LogP contribution in [0.5, 0.6) is 5.75 Å². The van der Waals surface area contributed by atoms with E-state index in [1.807, 2.05) is 60.7 Å². The number of carbonyl (C=O) groups excluding carboxylic acids is 2. The van der Waals surface area contributed by atoms with Crippen molar-refractivity contribution >= 4 is 29.3 Å². The number of hydrogen-bond donors (Lipinski definition) is 1. The molecular weight excluding hydrogens is 376 g/mol. The molecular formula is C25H22N2O3. The van der Waals surface area contributed by atoms with E-state index in [4.69, 9.17) is 4.74 Å². The van der Waals surface area contributed by atoms with Gasteiger partial charge in [-0.25, -0.2) is 0 Å². The Kier molecular flexibility index (Phi) is 5.61. The Morgan fingerprint density at radius 2 is 1.73 bits per heavy atom. The molecule has 3 aromatic carbocycles. The number of nitrogens with zero attached hydrogens (tertiary/aromatic N) is 1. The molecule has 0 aromatic heterocycles. The van der Waals surface area contributed by atoms with Crippen molar-refractivity contribution in [2.45, 2.75) is 19.6 Å². The van der Waals surface area contributed by atoms with Gasteiger partial charge in [0.05, 0.1) is 12.2 Å². The van der Waals surface area contributed by atoms with Crippen molar-refractivity contribution in [3.63, 3.8) is 0 Å². The van der Waals surface area contributed by atoms with Crippen molar-refractivity contribution in [3.8, 4) is 5.75 Å². The molecule has 0 spiro atoms. The van der Waals surface area contributed by atoms with Gasteiger partial charge in [-0.2, -0.15) is 0 Å². The molecule has 2 amide bonds. The van der Waals surface area contributed by atoms with E-state index in [2.05, 4.69) is 5.32 Å². The van der Waals surface area contributed by atoms with Gasteiger partial charge in [0.1, 0.15) is 5.75 Å². The van der Waals surface area contributed by atoms with E-state index >= 15 is 0 Å². The van der Waals surface area contributed by atoms with Gasteiger partial charge in [0.25, 0.3) is 5.91 Å². The zero-order chi connectivity index (χ0) is 20.9. The lowest BCUT2D eigenvalue weighted by Crippen LogP contribution is -2.44. The summed E-state index contributed by atoms with van der Waals surface area (Å²) in [5.41, 5.74) is 3.21. The molecule has 1 heterocycles. The average molecular weight is 398 g/mol. The number of ether oxygens (including phenoxy) is 1. The van der Waals surface area contributed by atoms with Crippen LogP contribution in [0.3, 0.4) is 0 Å². The van der Waals surface area contributed by atoms with Crippen molar-refractivity contribution in [2.24, 2.45) is 0 Å². The molecule has 3 aromatic rings. The molecule has 4 rings (SSSR count). The van der Waals surface area contributed by atoms with Crippen LogP contribution in [0, 0.1) is 0 Å². The number of anilines is 2. The van der Waals surface area contributed by atoms with Gasteiger partial charge in [0, 0.05) is 11.8 Å². The van der Waals surface area contributed by atoms with Crippen LogP contribution in [-0.4, -0.2) is 17.9 Å². The molecule has 0 fully saturated rings. The van der Waals surface area contributed by atoms with E-state index in [-0.39, 0.29) is 11.8 Å². The third-order valence-electron chi connectivity index (χ3n) is 4.85. The summed E-state index contributed by atoms with van der Waals surface area (Å²) >= 11 is 0. The van der Waals surface area contributed by atoms with Gasteiger partial charge in [0.2, 0.25) is 5.91 Å². The van der Waals surface area contributed by atoms with Gasteiger partial charge < -0.3 is 15.0 Å². The van der Waals surface area contributed by atoms with Gasteiger partial charge >= 0.3 is 0 Å². The maximum atomic E-state index is 12.8. The van der Waals surface area contributed by atoms with E-state index in [9.17, 15) is 9.59 Å². The van der Waals surface area contributed by atoms with Crippen LogP contribution in [0.4, 0.5) is 11.4 Å². The minimum atomic E-state index is -0.560. The smallest absolute Gasteiger partial charge is 0.268 e. The SMILES string of the molecule is CC1Oc2ccc(NC(=O)/C=C/c3ccccc3)cc2N(Cc2ccccc2)C1=O. The fraction of sp³-hybridized carbons (Fsp3) is 0.120. The first-order valence-electron chi connectivity index (χ1n) is 9.80. The minimum absolute atomic E-state index is 0.112. The van der Waals surface area contributed by atoms with Crippen LogP contribution in [0.2, 0.25) is 0 Å². The molecule has 0 bridgehead atoms. The van der Waals surface area contributed by atoms with Crippen LogP contribution in [-0.2, 0) is 16.1 Å². The van der Waals surface area contributed by atoms with Gasteiger partial charge in [-0.15, -0.1) is 0 Å². The van der Waals surface area contributed by atoms with E-state index in [0.717, 1.165) is 11.1 Å². The van der Waals surface area contributed by atoms with Crippen LogP contribution >= 0.6 is 0 Å². The summed E-state index contributed by atoms with van der Waals surface area (Å²) < 4.78 is 5.76. The van der Waals surface area contributed by atoms with Gasteiger partial charge in [-0.1, -0.05) is 60.7 Å². The lowest BCUT2D eigenvalue weighted by atomic mass is 10.1. The van der Waals surface area contributed by atoms with Crippen molar-refractivity contribution in [2.75, 3.05) is 10.2 Å². The quantitative estimate of drug-likeness (QED) is 0.637. The maximum absolute atomic E-state index is 12.8. The average Bonchev–Trinajstić information content (AvgIpc) is 2.77. The second-order valence-electron chi connectivity index (χ2n) is 7.09. The Bertz CT molecular complexity index is 1080. The van der Waals surface area contributed by atoms with Gasteiger partial charge in [-0.3, -0.25) is 9.59 Å². The zero-order valence-corrected chi connectivity index (χ0v) is 16.6. The molecule has 0 saturated carbocycles. The molecule has 1 aliphatic heterocycles. The monoisotopic (exact) mass is 398 g/mol. The first-order valence-corrected chi connectivity index (χ1v) is 9.80. The highest BCUT2D eigenvalue weighted by molar-refractivity contribution is 6.04. The maximum Gasteiger partial charge on any atom is 0.268 e. The first kappa shape index (κ1) is 19.5. The Balaban J connectivity index is 1.55. The summed E-state index contributed by atoms with van der Waals surface area (Å²) in [5.74, 6) is 0.263. The summed E-state index contributed by atoms with van der Waals surface area (Å²) in [6.45, 7) is 2.18. The van der Waals surface area contributed by atoms with Crippen molar-refractivity contribution < 1.29 is 14.3 Å². The largest absolute Gasteiger partial charge is 0.479 e. The summed E-state index contributed by atoms with van der Waals surface area (Å²) in [4.78, 5) is 26.8. The molecule has 0 aliphatic carbocycles. The Hall–Kier alpha value is -3.86. The summed E-state index contributed by atoms with van der Waals surface area (Å²) in [7, 11) is 0. The number of benzene rings is 3. The molecule has 30 heavy (non-hydrogen) atoms. The Morgan fingerprint density at radius 1 is 1.03 bits per heavy atom. The lowest BCUT2D eigenvalue weighted by Gasteiger charge is -2.33. The second-order valence-corrected chi connectivity index (χ2v) is 7.09. The van der Waals surface area contributed by atoms with Crippen molar-refractivity contribution in [3.05, 3.63) is 96.1 Å². The molecule has 150 valence electrons. The number of rotatable bonds is 5. The summed E-state index contributed by atoms with van der Waals surface area (Å²) in [5, 5.41) is 2.85. The van der Waals surface area contributed by atoms with E-state index in [0.29, 0.717) is 23.7 Å². The standard InChI is InChI=1S/C25H22N2O3/c1-18-25(29)27(17-20-10-6-3-7-11-20)22-16-21(13-14-23(22)30-18)26-24(28)15-12-19-8-4-2-5-9-19/h2-16,18H,17H2,1H3,(H,26,28)/b15-12+. The molecule has 1 unspecified atom stereocenters. The van der Waals surface area contributed by atoms with Crippen LogP contribution in [0.1, 0.15) is 18.1 Å². The Labute approximate surface area is 175 Å². The highest BCUT2D eigenvalue weighted by Crippen LogP contribution is 2.37. The topological polar surface area (TPSA) is 58.6 Å². The number of amides is 2. The third kappa shape index (κ3) is 4.41. The highest BCUT2D eigenvalue weighted by atomic mass is 16.5. The third-order valence-corrected chi connectivity index (χ3v) is 4.85. The number of carbonyl (C=O) groups is 2. The van der Waals surface area contributed by atoms with Crippen molar-refractivity contribution in [1.29, 1.82) is 0 Å². The molecule has 1 aliphatic rings. The zero-order valence-electron chi connectivity index (χ0n) is 16.6.